The van der Waals surface area contributed by atoms with Gasteiger partial charge in [-0.3, -0.25) is 9.69 Å². The highest BCUT2D eigenvalue weighted by molar-refractivity contribution is 6.42. The number of aromatic amines is 1. The van der Waals surface area contributed by atoms with Crippen LogP contribution in [0.25, 0.3) is 17.0 Å². The second-order valence-electron chi connectivity index (χ2n) is 10.4. The molecule has 2 aliphatic rings. The summed E-state index contributed by atoms with van der Waals surface area (Å²) in [4.78, 5) is 20.5. The number of rotatable bonds is 7. The van der Waals surface area contributed by atoms with Gasteiger partial charge < -0.3 is 19.7 Å². The summed E-state index contributed by atoms with van der Waals surface area (Å²) < 4.78 is 5.36. The van der Waals surface area contributed by atoms with E-state index in [2.05, 4.69) is 28.2 Å². The number of fused-ring (bicyclic) bond motifs is 1. The lowest BCUT2D eigenvalue weighted by Gasteiger charge is -2.43. The first-order valence-corrected chi connectivity index (χ1v) is 14.1. The lowest BCUT2D eigenvalue weighted by molar-refractivity contribution is -0.127. The van der Waals surface area contributed by atoms with Crippen molar-refractivity contribution in [2.75, 3.05) is 39.9 Å². The number of aliphatic hydroxyl groups is 1. The molecule has 2 N–H and O–H groups in total. The van der Waals surface area contributed by atoms with Crippen LogP contribution < -0.4 is 4.74 Å². The molecule has 0 spiro atoms. The number of benzene rings is 2. The average molecular weight is 557 g/mol. The van der Waals surface area contributed by atoms with E-state index in [-0.39, 0.29) is 18.6 Å². The highest BCUT2D eigenvalue weighted by atomic mass is 35.5. The molecule has 0 aliphatic carbocycles. The normalized spacial score (nSPS) is 18.9. The van der Waals surface area contributed by atoms with Gasteiger partial charge in [-0.25, -0.2) is 0 Å². The molecule has 8 heteroatoms. The second-order valence-corrected chi connectivity index (χ2v) is 11.2. The summed E-state index contributed by atoms with van der Waals surface area (Å²) >= 11 is 12.1. The van der Waals surface area contributed by atoms with Crippen molar-refractivity contribution in [3.8, 4) is 5.75 Å². The van der Waals surface area contributed by atoms with Gasteiger partial charge in [-0.15, -0.1) is 0 Å². The molecular formula is C30H35Cl2N3O3. The van der Waals surface area contributed by atoms with Gasteiger partial charge in [-0.2, -0.15) is 0 Å². The zero-order valence-corrected chi connectivity index (χ0v) is 23.2. The molecular weight excluding hydrogens is 521 g/mol. The number of H-pyrrole nitrogens is 1. The molecule has 3 aromatic rings. The molecule has 0 radical (unpaired) electrons. The van der Waals surface area contributed by atoms with Crippen LogP contribution in [0.3, 0.4) is 0 Å². The van der Waals surface area contributed by atoms with Crippen molar-refractivity contribution in [3.63, 3.8) is 0 Å². The Labute approximate surface area is 234 Å². The summed E-state index contributed by atoms with van der Waals surface area (Å²) in [7, 11) is 1.69. The molecule has 3 heterocycles. The van der Waals surface area contributed by atoms with Crippen LogP contribution >= 0.6 is 23.2 Å². The van der Waals surface area contributed by atoms with Crippen molar-refractivity contribution in [2.24, 2.45) is 5.92 Å². The minimum atomic E-state index is 0.00670. The van der Waals surface area contributed by atoms with Crippen LogP contribution in [0.4, 0.5) is 0 Å². The maximum Gasteiger partial charge on any atom is 0.246 e. The van der Waals surface area contributed by atoms with Crippen molar-refractivity contribution in [1.29, 1.82) is 0 Å². The molecule has 1 unspecified atom stereocenters. The van der Waals surface area contributed by atoms with Crippen LogP contribution in [-0.4, -0.2) is 71.7 Å². The molecule has 0 saturated carbocycles. The van der Waals surface area contributed by atoms with Gasteiger partial charge in [0.1, 0.15) is 5.75 Å². The van der Waals surface area contributed by atoms with Crippen molar-refractivity contribution >= 4 is 46.1 Å². The van der Waals surface area contributed by atoms with Crippen LogP contribution in [0, 0.1) is 5.92 Å². The van der Waals surface area contributed by atoms with E-state index in [1.807, 2.05) is 17.0 Å². The predicted molar refractivity (Wildman–Crippen MR) is 154 cm³/mol. The highest BCUT2D eigenvalue weighted by Crippen LogP contribution is 2.36. The van der Waals surface area contributed by atoms with Gasteiger partial charge in [0.25, 0.3) is 0 Å². The van der Waals surface area contributed by atoms with Gasteiger partial charge in [-0.1, -0.05) is 29.3 Å². The van der Waals surface area contributed by atoms with Gasteiger partial charge >= 0.3 is 0 Å². The Hall–Kier alpha value is -2.51. The fraction of sp³-hybridized carbons (Fsp3) is 0.433. The molecule has 2 saturated heterocycles. The number of hydrogen-bond acceptors (Lipinski definition) is 4. The number of methoxy groups -OCH3 is 1. The smallest absolute Gasteiger partial charge is 0.246 e. The molecule has 1 amide bonds. The topological polar surface area (TPSA) is 68.8 Å². The average Bonchev–Trinajstić information content (AvgIpc) is 3.38. The Morgan fingerprint density at radius 2 is 1.84 bits per heavy atom. The van der Waals surface area contributed by atoms with E-state index in [1.54, 1.807) is 31.4 Å². The van der Waals surface area contributed by atoms with Gasteiger partial charge in [0.05, 0.1) is 23.8 Å². The summed E-state index contributed by atoms with van der Waals surface area (Å²) in [5, 5.41) is 12.6. The predicted octanol–water partition coefficient (Wildman–Crippen LogP) is 5.98. The SMILES string of the molecule is COc1ccc2c(C3CCN(C(CO)C4CCN(C(=O)/C=C/c5ccc(Cl)c(Cl)c5)CC4)CC3)c[nH]c2c1. The summed E-state index contributed by atoms with van der Waals surface area (Å²) in [5.74, 6) is 1.77. The molecule has 2 aliphatic heterocycles. The maximum atomic E-state index is 12.8. The summed E-state index contributed by atoms with van der Waals surface area (Å²) in [6.45, 7) is 3.53. The van der Waals surface area contributed by atoms with Crippen LogP contribution in [0.2, 0.25) is 10.0 Å². The Morgan fingerprint density at radius 3 is 2.53 bits per heavy atom. The van der Waals surface area contributed by atoms with Crippen molar-refractivity contribution < 1.29 is 14.6 Å². The molecule has 0 bridgehead atoms. The van der Waals surface area contributed by atoms with Gasteiger partial charge in [-0.05, 0) is 92.1 Å². The number of nitrogens with one attached hydrogen (secondary N) is 1. The molecule has 2 aromatic carbocycles. The quantitative estimate of drug-likeness (QED) is 0.352. The van der Waals surface area contributed by atoms with Crippen molar-refractivity contribution in [1.82, 2.24) is 14.8 Å². The van der Waals surface area contributed by atoms with Crippen LogP contribution in [-0.2, 0) is 4.79 Å². The first-order chi connectivity index (χ1) is 18.5. The number of aromatic nitrogens is 1. The second kappa shape index (κ2) is 12.1. The van der Waals surface area contributed by atoms with E-state index in [1.165, 1.54) is 10.9 Å². The fourth-order valence-corrected chi connectivity index (χ4v) is 6.40. The van der Waals surface area contributed by atoms with Crippen LogP contribution in [0.15, 0.2) is 48.7 Å². The number of likely N-dealkylation sites (tertiary alicyclic amines) is 2. The van der Waals surface area contributed by atoms with Crippen LogP contribution in [0.1, 0.15) is 42.7 Å². The number of piperidine rings is 2. The number of carbonyl (C=O) groups is 1. The molecule has 38 heavy (non-hydrogen) atoms. The molecule has 6 nitrogen and oxygen atoms in total. The summed E-state index contributed by atoms with van der Waals surface area (Å²) in [6.07, 6.45) is 9.50. The van der Waals surface area contributed by atoms with E-state index < -0.39 is 0 Å². The Balaban J connectivity index is 1.13. The summed E-state index contributed by atoms with van der Waals surface area (Å²) in [6, 6.07) is 11.7. The minimum absolute atomic E-state index is 0.00670. The number of amides is 1. The van der Waals surface area contributed by atoms with E-state index in [0.29, 0.717) is 35.0 Å². The largest absolute Gasteiger partial charge is 0.497 e. The fourth-order valence-electron chi connectivity index (χ4n) is 6.09. The molecule has 5 rings (SSSR count). The monoisotopic (exact) mass is 555 g/mol. The van der Waals surface area contributed by atoms with Crippen molar-refractivity contribution in [2.45, 2.75) is 37.6 Å². The zero-order chi connectivity index (χ0) is 26.6. The van der Waals surface area contributed by atoms with E-state index in [0.717, 1.165) is 55.6 Å². The number of aliphatic hydroxyl groups excluding tert-OH is 1. The highest BCUT2D eigenvalue weighted by Gasteiger charge is 2.34. The Morgan fingerprint density at radius 1 is 1.08 bits per heavy atom. The summed E-state index contributed by atoms with van der Waals surface area (Å²) in [5.41, 5.74) is 3.34. The van der Waals surface area contributed by atoms with Crippen LogP contribution in [0.5, 0.6) is 5.75 Å². The third kappa shape index (κ3) is 5.89. The number of nitrogens with zero attached hydrogens (tertiary/aromatic N) is 2. The number of ether oxygens (including phenoxy) is 1. The first-order valence-electron chi connectivity index (χ1n) is 13.4. The Kier molecular flexibility index (Phi) is 8.64. The molecule has 1 aromatic heterocycles. The Bertz CT molecular complexity index is 1290. The first kappa shape index (κ1) is 27.1. The number of halogens is 2. The maximum absolute atomic E-state index is 12.8. The van der Waals surface area contributed by atoms with E-state index >= 15 is 0 Å². The third-order valence-corrected chi connectivity index (χ3v) is 9.04. The van der Waals surface area contributed by atoms with Gasteiger partial charge in [0, 0.05) is 48.4 Å². The molecule has 2 fully saturated rings. The minimum Gasteiger partial charge on any atom is -0.497 e. The lowest BCUT2D eigenvalue weighted by Crippen LogP contribution is -2.50. The van der Waals surface area contributed by atoms with Crippen molar-refractivity contribution in [3.05, 3.63) is 69.8 Å². The van der Waals surface area contributed by atoms with Gasteiger partial charge in [0.15, 0.2) is 0 Å². The standard InChI is InChI=1S/C30H35Cl2N3O3/c1-38-23-4-5-24-25(18-33-28(24)17-23)21-8-12-34(13-9-21)29(19-36)22-10-14-35(15-11-22)30(37)7-3-20-2-6-26(31)27(32)16-20/h2-7,16-18,21-22,29,33,36H,8-15,19H2,1H3/b7-3+. The molecule has 1 atom stereocenters. The van der Waals surface area contributed by atoms with E-state index in [4.69, 9.17) is 27.9 Å². The zero-order valence-electron chi connectivity index (χ0n) is 21.7. The molecule has 202 valence electrons. The third-order valence-electron chi connectivity index (χ3n) is 8.30. The van der Waals surface area contributed by atoms with Gasteiger partial charge in [0.2, 0.25) is 5.91 Å². The lowest BCUT2D eigenvalue weighted by atomic mass is 9.84. The van der Waals surface area contributed by atoms with E-state index in [9.17, 15) is 9.90 Å². The number of hydrogen-bond donors (Lipinski definition) is 2. The number of carbonyl (C=O) groups excluding carboxylic acids is 1.